The molecule has 0 saturated carbocycles. The smallest absolute Gasteiger partial charge is 0.432 e. The van der Waals surface area contributed by atoms with Gasteiger partial charge in [-0.25, -0.2) is 0 Å². The summed E-state index contributed by atoms with van der Waals surface area (Å²) in [6.07, 6.45) is -2.09. The van der Waals surface area contributed by atoms with Gasteiger partial charge in [0.25, 0.3) is 0 Å². The van der Waals surface area contributed by atoms with Crippen molar-refractivity contribution in [3.05, 3.63) is 71.3 Å². The minimum Gasteiger partial charge on any atom is -0.457 e. The number of hydrogen-bond donors (Lipinski definition) is 3. The van der Waals surface area contributed by atoms with E-state index in [0.29, 0.717) is 48.2 Å². The molecule has 1 heterocycles. The second-order valence-corrected chi connectivity index (χ2v) is 7.39. The van der Waals surface area contributed by atoms with Gasteiger partial charge in [-0.2, -0.15) is 13.2 Å². The van der Waals surface area contributed by atoms with Crippen molar-refractivity contribution in [2.75, 3.05) is 6.54 Å². The van der Waals surface area contributed by atoms with E-state index in [-0.39, 0.29) is 17.2 Å². The molecule has 0 atom stereocenters. The Bertz CT molecular complexity index is 1120. The van der Waals surface area contributed by atoms with Gasteiger partial charge in [-0.15, -0.1) is 0 Å². The van der Waals surface area contributed by atoms with E-state index in [9.17, 15) is 22.8 Å². The van der Waals surface area contributed by atoms with Gasteiger partial charge in [-0.05, 0) is 60.5 Å². The topological polar surface area (TPSA) is 120 Å². The van der Waals surface area contributed by atoms with Gasteiger partial charge in [-0.3, -0.25) is 15.0 Å². The first-order valence-electron chi connectivity index (χ1n) is 9.96. The number of rotatable bonds is 8. The molecule has 33 heavy (non-hydrogen) atoms. The largest absolute Gasteiger partial charge is 0.457 e. The van der Waals surface area contributed by atoms with E-state index in [1.165, 1.54) is 30.3 Å². The molecule has 0 aliphatic carbocycles. The quantitative estimate of drug-likeness (QED) is 0.514. The number of likely N-dealkylation sites (tertiary alicyclic amines) is 1. The molecule has 172 valence electrons. The Balaban J connectivity index is 1.78. The van der Waals surface area contributed by atoms with Crippen LogP contribution in [0.15, 0.2) is 54.6 Å². The van der Waals surface area contributed by atoms with E-state index in [4.69, 9.17) is 21.3 Å². The number of alkyl halides is 3. The molecule has 10 heteroatoms. The first-order chi connectivity index (χ1) is 15.5. The normalized spacial score (nSPS) is 14.0. The summed E-state index contributed by atoms with van der Waals surface area (Å²) in [5.41, 5.74) is 4.84. The highest BCUT2D eigenvalue weighted by atomic mass is 19.4. The molecule has 1 saturated heterocycles. The lowest BCUT2D eigenvalue weighted by molar-refractivity contribution is -0.128. The fourth-order valence-corrected chi connectivity index (χ4v) is 3.20. The number of halogens is 3. The summed E-state index contributed by atoms with van der Waals surface area (Å²) in [4.78, 5) is 25.3. The molecule has 1 fully saturated rings. The van der Waals surface area contributed by atoms with Gasteiger partial charge in [-0.1, -0.05) is 6.07 Å². The maximum absolute atomic E-state index is 12.4. The summed E-state index contributed by atoms with van der Waals surface area (Å²) in [6.45, 7) is 0.942. The zero-order valence-corrected chi connectivity index (χ0v) is 17.4. The lowest BCUT2D eigenvalue weighted by atomic mass is 10.1. The summed E-state index contributed by atoms with van der Waals surface area (Å²) >= 11 is 0. The molecule has 0 spiro atoms. The van der Waals surface area contributed by atoms with Gasteiger partial charge in [0.2, 0.25) is 11.8 Å². The van der Waals surface area contributed by atoms with Crippen LogP contribution in [0.4, 0.5) is 13.2 Å². The summed E-state index contributed by atoms with van der Waals surface area (Å²) in [5.74, 6) is 0.0969. The van der Waals surface area contributed by atoms with Crippen LogP contribution in [0.1, 0.15) is 34.3 Å². The fraction of sp³-hybridized carbons (Fsp3) is 0.217. The molecule has 7 nitrogen and oxygen atoms in total. The predicted molar refractivity (Wildman–Crippen MR) is 116 cm³/mol. The summed E-state index contributed by atoms with van der Waals surface area (Å²) in [5, 5.41) is 14.8. The fourth-order valence-electron chi connectivity index (χ4n) is 3.20. The maximum Gasteiger partial charge on any atom is 0.432 e. The Morgan fingerprint density at radius 2 is 1.76 bits per heavy atom. The summed E-state index contributed by atoms with van der Waals surface area (Å²) in [6, 6.07) is 10.7. The van der Waals surface area contributed by atoms with Crippen LogP contribution in [0.2, 0.25) is 0 Å². The van der Waals surface area contributed by atoms with Crippen molar-refractivity contribution in [3.8, 4) is 11.5 Å². The molecule has 2 aromatic rings. The Morgan fingerprint density at radius 1 is 1.09 bits per heavy atom. The van der Waals surface area contributed by atoms with Gasteiger partial charge in [0, 0.05) is 30.6 Å². The Morgan fingerprint density at radius 3 is 2.33 bits per heavy atom. The molecule has 3 rings (SSSR count). The van der Waals surface area contributed by atoms with E-state index in [0.717, 1.165) is 12.5 Å². The molecule has 2 aromatic carbocycles. The second kappa shape index (κ2) is 9.68. The standard InChI is InChI=1S/C23H21F3N4O3/c24-23(25,26)20(28)10-9-18(27)14-5-7-17(8-6-14)33-19-12-15(22(29)32)3-4-16(19)13-30-11-1-2-21(30)31/h3-10,12,27-28H,1-2,11,13H2,(H2,29,32)/b10-9-,27-18?,28-20?. The summed E-state index contributed by atoms with van der Waals surface area (Å²) in [7, 11) is 0. The highest BCUT2D eigenvalue weighted by Gasteiger charge is 2.32. The molecule has 2 amide bonds. The molecule has 1 aliphatic heterocycles. The summed E-state index contributed by atoms with van der Waals surface area (Å²) < 4.78 is 43.1. The molecular weight excluding hydrogens is 437 g/mol. The number of carbonyl (C=O) groups excluding carboxylic acids is 2. The van der Waals surface area contributed by atoms with Crippen LogP contribution in [0, 0.1) is 10.8 Å². The SMILES string of the molecule is N=C(/C=C\C(=N)C(F)(F)F)c1ccc(Oc2cc(C(N)=O)ccc2CN2CCCC2=O)cc1. The van der Waals surface area contributed by atoms with E-state index in [2.05, 4.69) is 0 Å². The molecule has 4 N–H and O–H groups in total. The van der Waals surface area contributed by atoms with E-state index in [1.54, 1.807) is 17.0 Å². The van der Waals surface area contributed by atoms with Crippen LogP contribution in [0.3, 0.4) is 0 Å². The first-order valence-corrected chi connectivity index (χ1v) is 9.96. The number of allylic oxidation sites excluding steroid dienone is 2. The van der Waals surface area contributed by atoms with Crippen molar-refractivity contribution >= 4 is 23.2 Å². The van der Waals surface area contributed by atoms with Crippen LogP contribution >= 0.6 is 0 Å². The van der Waals surface area contributed by atoms with Crippen LogP contribution in [0.5, 0.6) is 11.5 Å². The second-order valence-electron chi connectivity index (χ2n) is 7.39. The highest BCUT2D eigenvalue weighted by Crippen LogP contribution is 2.29. The zero-order chi connectivity index (χ0) is 24.2. The average Bonchev–Trinajstić information content (AvgIpc) is 3.17. The van der Waals surface area contributed by atoms with Crippen molar-refractivity contribution in [1.29, 1.82) is 10.8 Å². The minimum absolute atomic E-state index is 0.0365. The van der Waals surface area contributed by atoms with E-state index >= 15 is 0 Å². The van der Waals surface area contributed by atoms with E-state index in [1.807, 2.05) is 0 Å². The molecule has 0 unspecified atom stereocenters. The maximum atomic E-state index is 12.4. The van der Waals surface area contributed by atoms with Gasteiger partial charge in [0.15, 0.2) is 0 Å². The molecule has 0 radical (unpaired) electrons. The number of benzene rings is 2. The Labute approximate surface area is 187 Å². The van der Waals surface area contributed by atoms with E-state index < -0.39 is 17.8 Å². The molecule has 0 aromatic heterocycles. The third kappa shape index (κ3) is 6.06. The first kappa shape index (κ1) is 23.7. The van der Waals surface area contributed by atoms with Crippen molar-refractivity contribution in [1.82, 2.24) is 4.90 Å². The number of carbonyl (C=O) groups is 2. The number of nitrogens with zero attached hydrogens (tertiary/aromatic N) is 1. The van der Waals surface area contributed by atoms with Gasteiger partial charge < -0.3 is 20.8 Å². The number of amides is 2. The number of hydrogen-bond acceptors (Lipinski definition) is 5. The van der Waals surface area contributed by atoms with Crippen LogP contribution in [-0.2, 0) is 11.3 Å². The predicted octanol–water partition coefficient (Wildman–Crippen LogP) is 4.21. The Hall–Kier alpha value is -3.95. The third-order valence-corrected chi connectivity index (χ3v) is 5.00. The minimum atomic E-state index is -4.77. The lowest BCUT2D eigenvalue weighted by Crippen LogP contribution is -2.24. The molecular formula is C23H21F3N4O3. The monoisotopic (exact) mass is 458 g/mol. The van der Waals surface area contributed by atoms with Crippen molar-refractivity contribution in [2.45, 2.75) is 25.6 Å². The lowest BCUT2D eigenvalue weighted by Gasteiger charge is -2.19. The van der Waals surface area contributed by atoms with Crippen LogP contribution in [-0.4, -0.2) is 40.9 Å². The van der Waals surface area contributed by atoms with Crippen molar-refractivity contribution in [3.63, 3.8) is 0 Å². The van der Waals surface area contributed by atoms with Gasteiger partial charge in [0.05, 0.1) is 5.71 Å². The number of nitrogens with one attached hydrogen (secondary N) is 2. The molecule has 0 bridgehead atoms. The average molecular weight is 458 g/mol. The van der Waals surface area contributed by atoms with Gasteiger partial charge in [0.1, 0.15) is 17.2 Å². The number of nitrogens with two attached hydrogens (primary N) is 1. The van der Waals surface area contributed by atoms with Crippen molar-refractivity contribution in [2.24, 2.45) is 5.73 Å². The van der Waals surface area contributed by atoms with Crippen LogP contribution in [0.25, 0.3) is 0 Å². The number of ether oxygens (including phenoxy) is 1. The zero-order valence-electron chi connectivity index (χ0n) is 17.4. The van der Waals surface area contributed by atoms with Crippen LogP contribution < -0.4 is 10.5 Å². The number of primary amides is 1. The third-order valence-electron chi connectivity index (χ3n) is 5.00. The van der Waals surface area contributed by atoms with Crippen molar-refractivity contribution < 1.29 is 27.5 Å². The highest BCUT2D eigenvalue weighted by molar-refractivity contribution is 6.10. The Kier molecular flexibility index (Phi) is 6.95. The van der Waals surface area contributed by atoms with Gasteiger partial charge >= 0.3 is 6.18 Å². The molecule has 1 aliphatic rings.